The molecule has 0 spiro atoms. The van der Waals surface area contributed by atoms with Crippen molar-refractivity contribution in [3.8, 4) is 0 Å². The maximum Gasteiger partial charge on any atom is 0.225 e. The van der Waals surface area contributed by atoms with Crippen LogP contribution >= 0.6 is 0 Å². The predicted molar refractivity (Wildman–Crippen MR) is 64.0 cm³/mol. The minimum atomic E-state index is 0.382. The molecule has 3 fully saturated rings. The van der Waals surface area contributed by atoms with Crippen LogP contribution in [0.4, 0.5) is 0 Å². The van der Waals surface area contributed by atoms with Gasteiger partial charge in [0.2, 0.25) is 5.91 Å². The summed E-state index contributed by atoms with van der Waals surface area (Å²) in [5, 5.41) is 0. The highest BCUT2D eigenvalue weighted by Gasteiger charge is 2.41. The number of carbonyl (C=O) groups excluding carboxylic acids is 1. The molecule has 0 bridgehead atoms. The fraction of sp³-hybridized carbons (Fsp3) is 0.929. The van der Waals surface area contributed by atoms with Crippen LogP contribution in [0.1, 0.15) is 57.8 Å². The van der Waals surface area contributed by atoms with Gasteiger partial charge >= 0.3 is 0 Å². The van der Waals surface area contributed by atoms with Gasteiger partial charge in [-0.05, 0) is 44.4 Å². The van der Waals surface area contributed by atoms with Gasteiger partial charge in [-0.2, -0.15) is 0 Å². The Bertz CT molecular complexity index is 266. The third-order valence-corrected chi connectivity index (χ3v) is 4.70. The molecule has 1 aliphatic heterocycles. The number of amides is 1. The molecule has 0 radical (unpaired) electrons. The smallest absolute Gasteiger partial charge is 0.225 e. The summed E-state index contributed by atoms with van der Waals surface area (Å²) in [4.78, 5) is 14.7. The van der Waals surface area contributed by atoms with Crippen LogP contribution in [-0.2, 0) is 4.79 Å². The molecule has 1 saturated heterocycles. The van der Waals surface area contributed by atoms with Crippen LogP contribution in [0.5, 0.6) is 0 Å². The third-order valence-electron chi connectivity index (χ3n) is 4.70. The standard InChI is InChI=1S/C14H23NO/c16-14(12-5-2-1-3-6-12)15-10-4-7-13(15)11-8-9-11/h11-13H,1-10H2. The summed E-state index contributed by atoms with van der Waals surface area (Å²) in [5.41, 5.74) is 0. The fourth-order valence-electron chi connectivity index (χ4n) is 3.62. The van der Waals surface area contributed by atoms with Gasteiger partial charge in [-0.25, -0.2) is 0 Å². The monoisotopic (exact) mass is 221 g/mol. The zero-order valence-corrected chi connectivity index (χ0v) is 10.2. The molecular weight excluding hydrogens is 198 g/mol. The molecule has 1 atom stereocenters. The summed E-state index contributed by atoms with van der Waals surface area (Å²) in [5.74, 6) is 1.76. The number of carbonyl (C=O) groups is 1. The highest BCUT2D eigenvalue weighted by Crippen LogP contribution is 2.41. The Hall–Kier alpha value is -0.530. The summed E-state index contributed by atoms with van der Waals surface area (Å²) < 4.78 is 0. The van der Waals surface area contributed by atoms with Crippen LogP contribution in [0.3, 0.4) is 0 Å². The number of rotatable bonds is 2. The summed E-state index contributed by atoms with van der Waals surface area (Å²) in [6.45, 7) is 1.05. The van der Waals surface area contributed by atoms with Gasteiger partial charge in [0, 0.05) is 18.5 Å². The van der Waals surface area contributed by atoms with Crippen LogP contribution in [0.15, 0.2) is 0 Å². The average Bonchev–Trinajstić information content (AvgIpc) is 3.07. The highest BCUT2D eigenvalue weighted by atomic mass is 16.2. The SMILES string of the molecule is O=C(C1CCCCC1)N1CCCC1C1CC1. The van der Waals surface area contributed by atoms with Crippen LogP contribution in [0.25, 0.3) is 0 Å². The molecular formula is C14H23NO. The van der Waals surface area contributed by atoms with Crippen molar-refractivity contribution in [2.45, 2.75) is 63.8 Å². The van der Waals surface area contributed by atoms with Crippen molar-refractivity contribution in [3.63, 3.8) is 0 Å². The van der Waals surface area contributed by atoms with Crippen molar-refractivity contribution >= 4 is 5.91 Å². The van der Waals surface area contributed by atoms with E-state index >= 15 is 0 Å². The van der Waals surface area contributed by atoms with E-state index in [9.17, 15) is 4.79 Å². The summed E-state index contributed by atoms with van der Waals surface area (Å²) in [6, 6.07) is 0.634. The molecule has 1 heterocycles. The topological polar surface area (TPSA) is 20.3 Å². The Kier molecular flexibility index (Phi) is 2.91. The van der Waals surface area contributed by atoms with Crippen LogP contribution in [0, 0.1) is 11.8 Å². The van der Waals surface area contributed by atoms with E-state index in [1.807, 2.05) is 0 Å². The van der Waals surface area contributed by atoms with E-state index in [4.69, 9.17) is 0 Å². The number of likely N-dealkylation sites (tertiary alicyclic amines) is 1. The molecule has 0 aromatic heterocycles. The first kappa shape index (κ1) is 10.6. The minimum Gasteiger partial charge on any atom is -0.339 e. The Morgan fingerprint density at radius 1 is 0.875 bits per heavy atom. The van der Waals surface area contributed by atoms with Crippen molar-refractivity contribution in [2.75, 3.05) is 6.54 Å². The van der Waals surface area contributed by atoms with E-state index in [-0.39, 0.29) is 0 Å². The lowest BCUT2D eigenvalue weighted by Crippen LogP contribution is -2.41. The lowest BCUT2D eigenvalue weighted by molar-refractivity contribution is -0.137. The minimum absolute atomic E-state index is 0.382. The van der Waals surface area contributed by atoms with Gasteiger partial charge in [0.05, 0.1) is 0 Å². The van der Waals surface area contributed by atoms with Gasteiger partial charge in [0.25, 0.3) is 0 Å². The predicted octanol–water partition coefficient (Wildman–Crippen LogP) is 2.97. The molecule has 3 rings (SSSR count). The zero-order chi connectivity index (χ0) is 11.0. The molecule has 2 saturated carbocycles. The molecule has 0 aromatic rings. The Labute approximate surface area is 98.4 Å². The van der Waals surface area contributed by atoms with Gasteiger partial charge in [-0.15, -0.1) is 0 Å². The normalized spacial score (nSPS) is 32.0. The molecule has 2 heteroatoms. The van der Waals surface area contributed by atoms with E-state index in [0.717, 1.165) is 25.3 Å². The second-order valence-corrected chi connectivity index (χ2v) is 5.91. The van der Waals surface area contributed by atoms with Gasteiger partial charge < -0.3 is 4.90 Å². The van der Waals surface area contributed by atoms with Gasteiger partial charge in [-0.3, -0.25) is 4.79 Å². The van der Waals surface area contributed by atoms with Crippen LogP contribution in [0.2, 0.25) is 0 Å². The Morgan fingerprint density at radius 3 is 2.31 bits per heavy atom. The average molecular weight is 221 g/mol. The fourth-order valence-corrected chi connectivity index (χ4v) is 3.62. The second kappa shape index (κ2) is 4.38. The molecule has 2 aliphatic carbocycles. The van der Waals surface area contributed by atoms with Gasteiger partial charge in [0.15, 0.2) is 0 Å². The quantitative estimate of drug-likeness (QED) is 0.702. The van der Waals surface area contributed by atoms with Crippen molar-refractivity contribution in [1.82, 2.24) is 4.90 Å². The first-order valence-electron chi connectivity index (χ1n) is 7.17. The molecule has 1 unspecified atom stereocenters. The van der Waals surface area contributed by atoms with E-state index in [0.29, 0.717) is 17.9 Å². The number of nitrogens with zero attached hydrogens (tertiary/aromatic N) is 1. The Balaban J connectivity index is 1.63. The van der Waals surface area contributed by atoms with Crippen LogP contribution in [-0.4, -0.2) is 23.4 Å². The number of hydrogen-bond acceptors (Lipinski definition) is 1. The highest BCUT2D eigenvalue weighted by molar-refractivity contribution is 5.79. The molecule has 16 heavy (non-hydrogen) atoms. The molecule has 2 nitrogen and oxygen atoms in total. The molecule has 1 amide bonds. The maximum absolute atomic E-state index is 12.5. The van der Waals surface area contributed by atoms with Gasteiger partial charge in [-0.1, -0.05) is 19.3 Å². The first-order valence-corrected chi connectivity index (χ1v) is 7.17. The summed E-state index contributed by atoms with van der Waals surface area (Å²) in [6.07, 6.45) is 11.5. The molecule has 90 valence electrons. The van der Waals surface area contributed by atoms with Crippen molar-refractivity contribution in [3.05, 3.63) is 0 Å². The largest absolute Gasteiger partial charge is 0.339 e. The van der Waals surface area contributed by atoms with Crippen molar-refractivity contribution in [2.24, 2.45) is 11.8 Å². The zero-order valence-electron chi connectivity index (χ0n) is 10.2. The summed E-state index contributed by atoms with van der Waals surface area (Å²) in [7, 11) is 0. The van der Waals surface area contributed by atoms with E-state index in [1.165, 1.54) is 44.9 Å². The van der Waals surface area contributed by atoms with E-state index < -0.39 is 0 Å². The Morgan fingerprint density at radius 2 is 1.62 bits per heavy atom. The maximum atomic E-state index is 12.5. The van der Waals surface area contributed by atoms with E-state index in [1.54, 1.807) is 0 Å². The van der Waals surface area contributed by atoms with E-state index in [2.05, 4.69) is 4.90 Å². The van der Waals surface area contributed by atoms with Crippen molar-refractivity contribution < 1.29 is 4.79 Å². The molecule has 3 aliphatic rings. The van der Waals surface area contributed by atoms with Gasteiger partial charge in [0.1, 0.15) is 0 Å². The molecule has 0 aromatic carbocycles. The summed E-state index contributed by atoms with van der Waals surface area (Å²) >= 11 is 0. The van der Waals surface area contributed by atoms with Crippen molar-refractivity contribution in [1.29, 1.82) is 0 Å². The number of hydrogen-bond donors (Lipinski definition) is 0. The molecule has 0 N–H and O–H groups in total. The third kappa shape index (κ3) is 1.99. The lowest BCUT2D eigenvalue weighted by atomic mass is 9.88. The second-order valence-electron chi connectivity index (χ2n) is 5.91. The lowest BCUT2D eigenvalue weighted by Gasteiger charge is -2.30. The van der Waals surface area contributed by atoms with Crippen LogP contribution < -0.4 is 0 Å². The first-order chi connectivity index (χ1) is 7.86.